The third-order valence-electron chi connectivity index (χ3n) is 8.00. The number of sulfonamides is 1. The number of aliphatic hydroxyl groups excluding tert-OH is 1. The largest absolute Gasteiger partial charge is 0.480 e. The third kappa shape index (κ3) is 8.60. The fourth-order valence-corrected chi connectivity index (χ4v) is 7.26. The van der Waals surface area contributed by atoms with Crippen molar-refractivity contribution in [2.75, 3.05) is 13.1 Å². The van der Waals surface area contributed by atoms with Crippen LogP contribution in [0, 0.1) is 5.41 Å². The van der Waals surface area contributed by atoms with Crippen molar-refractivity contribution in [3.63, 3.8) is 0 Å². The van der Waals surface area contributed by atoms with Gasteiger partial charge in [0, 0.05) is 13.1 Å². The molecule has 248 valence electrons. The monoisotopic (exact) mass is 645 g/mol. The van der Waals surface area contributed by atoms with E-state index < -0.39 is 46.5 Å². The zero-order valence-electron chi connectivity index (χ0n) is 27.0. The van der Waals surface area contributed by atoms with Gasteiger partial charge in [-0.15, -0.1) is 0 Å². The van der Waals surface area contributed by atoms with Crippen LogP contribution in [0.4, 0.5) is 4.79 Å². The van der Waals surface area contributed by atoms with E-state index in [9.17, 15) is 28.2 Å². The number of carboxylic acids is 1. The van der Waals surface area contributed by atoms with E-state index in [1.165, 1.54) is 4.90 Å². The summed E-state index contributed by atoms with van der Waals surface area (Å²) in [4.78, 5) is 26.5. The van der Waals surface area contributed by atoms with Gasteiger partial charge in [0.05, 0.1) is 4.90 Å². The lowest BCUT2D eigenvalue weighted by Crippen LogP contribution is -2.64. The molecule has 0 aliphatic carbocycles. The Labute approximate surface area is 265 Å². The van der Waals surface area contributed by atoms with E-state index in [-0.39, 0.29) is 41.5 Å². The molecule has 1 aliphatic heterocycles. The zero-order chi connectivity index (χ0) is 33.8. The molecule has 1 heterocycles. The van der Waals surface area contributed by atoms with Crippen molar-refractivity contribution < 1.29 is 33.0 Å². The maximum absolute atomic E-state index is 13.9. The molecule has 0 aromatic heterocycles. The summed E-state index contributed by atoms with van der Waals surface area (Å²) in [7, 11) is -4.22. The zero-order valence-corrected chi connectivity index (χ0v) is 27.8. The smallest absolute Gasteiger partial charge is 0.411 e. The highest BCUT2D eigenvalue weighted by Crippen LogP contribution is 2.35. The number of piperazine rings is 1. The molecule has 1 fully saturated rings. The predicted octanol–water partition coefficient (Wildman–Crippen LogP) is 3.76. The first-order valence-electron chi connectivity index (χ1n) is 15.2. The highest BCUT2D eigenvalue weighted by atomic mass is 32.2. The quantitative estimate of drug-likeness (QED) is 0.147. The van der Waals surface area contributed by atoms with Crippen molar-refractivity contribution in [2.45, 2.75) is 102 Å². The van der Waals surface area contributed by atoms with Crippen molar-refractivity contribution in [1.29, 1.82) is 5.41 Å². The molecule has 1 saturated heterocycles. The normalized spacial score (nSPS) is 18.7. The van der Waals surface area contributed by atoms with Crippen LogP contribution in [0.3, 0.4) is 0 Å². The molecule has 0 saturated carbocycles. The van der Waals surface area contributed by atoms with Crippen LogP contribution in [0.15, 0.2) is 41.3 Å². The van der Waals surface area contributed by atoms with Gasteiger partial charge in [-0.25, -0.2) is 13.2 Å². The van der Waals surface area contributed by atoms with Gasteiger partial charge in [0.2, 0.25) is 10.0 Å². The molecular weight excluding hydrogens is 598 g/mol. The number of amides is 1. The fourth-order valence-electron chi connectivity index (χ4n) is 5.37. The van der Waals surface area contributed by atoms with Crippen molar-refractivity contribution in [3.05, 3.63) is 64.2 Å². The average Bonchev–Trinajstić information content (AvgIpc) is 2.95. The van der Waals surface area contributed by atoms with Crippen LogP contribution in [0.5, 0.6) is 0 Å². The molecule has 1 aliphatic rings. The Balaban J connectivity index is 1.80. The number of ether oxygens (including phenoxy) is 1. The van der Waals surface area contributed by atoms with E-state index in [1.807, 2.05) is 53.7 Å². The molecule has 0 bridgehead atoms. The predicted molar refractivity (Wildman–Crippen MR) is 172 cm³/mol. The molecule has 1 amide bonds. The van der Waals surface area contributed by atoms with E-state index in [0.717, 1.165) is 5.56 Å². The number of aliphatic carboxylic acids is 1. The number of nitrogens with two attached hydrogens (primary N) is 1. The summed E-state index contributed by atoms with van der Waals surface area (Å²) >= 11 is 0. The number of hydrogen-bond donors (Lipinski definition) is 6. The maximum atomic E-state index is 13.9. The van der Waals surface area contributed by atoms with E-state index in [4.69, 9.17) is 15.9 Å². The Morgan fingerprint density at radius 2 is 1.58 bits per heavy atom. The van der Waals surface area contributed by atoms with Crippen molar-refractivity contribution in [3.8, 4) is 0 Å². The van der Waals surface area contributed by atoms with Crippen molar-refractivity contribution in [1.82, 2.24) is 14.9 Å². The number of hydrogen-bond acceptors (Lipinski definition) is 8. The minimum Gasteiger partial charge on any atom is -0.480 e. The number of benzene rings is 2. The Kier molecular flexibility index (Phi) is 11.8. The summed E-state index contributed by atoms with van der Waals surface area (Å²) in [5.74, 6) is -1.70. The number of carbonyl (C=O) groups is 2. The summed E-state index contributed by atoms with van der Waals surface area (Å²) < 4.78 is 35.8. The van der Waals surface area contributed by atoms with Crippen LogP contribution in [0.1, 0.15) is 100 Å². The second kappa shape index (κ2) is 14.7. The molecular formula is C32H47N5O7S. The average molecular weight is 646 g/mol. The lowest BCUT2D eigenvalue weighted by atomic mass is 9.89. The Hall–Kier alpha value is -3.52. The fraction of sp³-hybridized carbons (Fsp3) is 0.531. The lowest BCUT2D eigenvalue weighted by molar-refractivity contribution is -0.138. The number of rotatable bonds is 12. The maximum Gasteiger partial charge on any atom is 0.411 e. The Morgan fingerprint density at radius 3 is 2.04 bits per heavy atom. The van der Waals surface area contributed by atoms with Gasteiger partial charge in [0.1, 0.15) is 30.3 Å². The minimum atomic E-state index is -4.22. The summed E-state index contributed by atoms with van der Waals surface area (Å²) in [5.41, 5.74) is 9.10. The lowest BCUT2D eigenvalue weighted by Gasteiger charge is -2.38. The SMILES string of the molecule is CC(C)c1cc(C(C)C)c(S(=O)(=O)N[C@@H](Cc2ccc(C(C)OC(=O)N3CCNC(O)C3C(=N)N)cc2)C(=O)O)c(C(C)C)c1. The van der Waals surface area contributed by atoms with Gasteiger partial charge in [-0.2, -0.15) is 4.72 Å². The number of nitrogens with zero attached hydrogens (tertiary/aromatic N) is 1. The topological polar surface area (TPSA) is 195 Å². The van der Waals surface area contributed by atoms with Crippen LogP contribution >= 0.6 is 0 Å². The standard InChI is InChI=1S/C32H47N5O7S/c1-17(2)23-15-24(18(3)4)28(25(16-23)19(5)6)45(42,43)36-26(31(39)40)14-21-8-10-22(11-9-21)20(7)44-32(41)37-13-12-35-30(38)27(37)29(33)34/h8-11,15-20,26-27,30,35-36,38H,12-14H2,1-7H3,(H3,33,34)(H,39,40)/t20?,26-,27?,30?/m0/s1. The van der Waals surface area contributed by atoms with Gasteiger partial charge in [-0.1, -0.05) is 77.9 Å². The summed E-state index contributed by atoms with van der Waals surface area (Å²) in [5, 5.41) is 30.6. The van der Waals surface area contributed by atoms with Gasteiger partial charge in [0.15, 0.2) is 0 Å². The van der Waals surface area contributed by atoms with E-state index >= 15 is 0 Å². The number of aliphatic hydroxyl groups is 1. The molecule has 3 unspecified atom stereocenters. The molecule has 12 nitrogen and oxygen atoms in total. The first-order valence-corrected chi connectivity index (χ1v) is 16.7. The number of carbonyl (C=O) groups excluding carboxylic acids is 1. The highest BCUT2D eigenvalue weighted by molar-refractivity contribution is 7.89. The van der Waals surface area contributed by atoms with Gasteiger partial charge in [-0.05, 0) is 58.9 Å². The molecule has 0 radical (unpaired) electrons. The second-order valence-electron chi connectivity index (χ2n) is 12.5. The van der Waals surface area contributed by atoms with Gasteiger partial charge in [0.25, 0.3) is 0 Å². The highest BCUT2D eigenvalue weighted by Gasteiger charge is 2.37. The number of nitrogens with one attached hydrogen (secondary N) is 3. The molecule has 3 rings (SSSR count). The van der Waals surface area contributed by atoms with Crippen molar-refractivity contribution in [2.24, 2.45) is 5.73 Å². The van der Waals surface area contributed by atoms with Gasteiger partial charge >= 0.3 is 12.1 Å². The van der Waals surface area contributed by atoms with E-state index in [1.54, 1.807) is 31.2 Å². The van der Waals surface area contributed by atoms with Crippen LogP contribution in [-0.4, -0.2) is 72.8 Å². The molecule has 2 aromatic carbocycles. The van der Waals surface area contributed by atoms with Crippen LogP contribution in [0.25, 0.3) is 0 Å². The molecule has 4 atom stereocenters. The van der Waals surface area contributed by atoms with Crippen LogP contribution in [-0.2, 0) is 26.0 Å². The summed E-state index contributed by atoms with van der Waals surface area (Å²) in [6.07, 6.45) is -2.75. The minimum absolute atomic E-state index is 0.107. The summed E-state index contributed by atoms with van der Waals surface area (Å²) in [6.45, 7) is 13.9. The van der Waals surface area contributed by atoms with E-state index in [0.29, 0.717) is 28.8 Å². The molecule has 7 N–H and O–H groups in total. The molecule has 2 aromatic rings. The third-order valence-corrected chi connectivity index (χ3v) is 9.61. The molecule has 13 heteroatoms. The first-order chi connectivity index (χ1) is 20.9. The molecule has 0 spiro atoms. The first kappa shape index (κ1) is 36.0. The van der Waals surface area contributed by atoms with Gasteiger partial charge < -0.3 is 20.7 Å². The Morgan fingerprint density at radius 1 is 1.02 bits per heavy atom. The van der Waals surface area contributed by atoms with E-state index in [2.05, 4.69) is 10.0 Å². The van der Waals surface area contributed by atoms with Gasteiger partial charge in [-0.3, -0.25) is 20.4 Å². The summed E-state index contributed by atoms with van der Waals surface area (Å²) in [6, 6.07) is 8.00. The number of carboxylic acid groups (broad SMARTS) is 1. The Bertz CT molecular complexity index is 1460. The van der Waals surface area contributed by atoms with Crippen LogP contribution < -0.4 is 15.8 Å². The van der Waals surface area contributed by atoms with Crippen LogP contribution in [0.2, 0.25) is 0 Å². The number of amidine groups is 1. The molecule has 45 heavy (non-hydrogen) atoms. The second-order valence-corrected chi connectivity index (χ2v) is 14.1. The van der Waals surface area contributed by atoms with Crippen molar-refractivity contribution >= 4 is 27.9 Å².